The first-order valence-electron chi connectivity index (χ1n) is 14.2. The molecule has 0 bridgehead atoms. The summed E-state index contributed by atoms with van der Waals surface area (Å²) in [5, 5.41) is 24.5. The Balaban J connectivity index is 0.000000682. The number of hydrogen-bond acceptors (Lipinski definition) is 5. The summed E-state index contributed by atoms with van der Waals surface area (Å²) in [6.07, 6.45) is 3.60. The molecule has 6 aromatic rings. The summed E-state index contributed by atoms with van der Waals surface area (Å²) in [5.41, 5.74) is 9.80. The molecular formula is C35H37N5O3. The third kappa shape index (κ3) is 6.34. The van der Waals surface area contributed by atoms with Crippen molar-refractivity contribution in [1.82, 2.24) is 24.3 Å². The van der Waals surface area contributed by atoms with E-state index in [4.69, 9.17) is 10.1 Å². The van der Waals surface area contributed by atoms with E-state index in [1.54, 1.807) is 20.8 Å². The first kappa shape index (κ1) is 29.7. The average Bonchev–Trinajstić information content (AvgIpc) is 3.47. The molecule has 0 saturated heterocycles. The van der Waals surface area contributed by atoms with Gasteiger partial charge in [-0.25, -0.2) is 4.98 Å². The first-order valence-corrected chi connectivity index (χ1v) is 14.2. The molecule has 2 N–H and O–H groups in total. The number of carboxylic acid groups (broad SMARTS) is 1. The van der Waals surface area contributed by atoms with E-state index >= 15 is 0 Å². The zero-order chi connectivity index (χ0) is 31.1. The normalized spacial score (nSPS) is 11.5. The van der Waals surface area contributed by atoms with Gasteiger partial charge in [0.1, 0.15) is 5.65 Å². The fourth-order valence-electron chi connectivity index (χ4n) is 5.25. The summed E-state index contributed by atoms with van der Waals surface area (Å²) >= 11 is 0. The first-order chi connectivity index (χ1) is 20.3. The van der Waals surface area contributed by atoms with Gasteiger partial charge < -0.3 is 14.8 Å². The maximum atomic E-state index is 11.8. The lowest BCUT2D eigenvalue weighted by Crippen LogP contribution is -2.10. The maximum Gasteiger partial charge on any atom is 0.307 e. The SMILES string of the molecule is CC(C)(C)O.Cc1ccc(-c2c(CC(=O)O)c(C)nc3c2cc(-c2ccnc(-c4ccc5c(cnn5C)c4)c2)n3C)cc1. The molecular weight excluding hydrogens is 538 g/mol. The molecule has 0 aliphatic rings. The minimum absolute atomic E-state index is 0.0849. The van der Waals surface area contributed by atoms with Gasteiger partial charge in [0.25, 0.3) is 0 Å². The molecule has 0 radical (unpaired) electrons. The molecule has 220 valence electrons. The largest absolute Gasteiger partial charge is 0.481 e. The Labute approximate surface area is 251 Å². The monoisotopic (exact) mass is 575 g/mol. The van der Waals surface area contributed by atoms with Gasteiger partial charge in [-0.2, -0.15) is 5.10 Å². The second kappa shape index (κ2) is 11.5. The molecule has 4 aromatic heterocycles. The lowest BCUT2D eigenvalue weighted by Gasteiger charge is -2.14. The number of hydrogen-bond donors (Lipinski definition) is 2. The van der Waals surface area contributed by atoms with Crippen LogP contribution in [0.2, 0.25) is 0 Å². The van der Waals surface area contributed by atoms with Gasteiger partial charge in [-0.3, -0.25) is 14.5 Å². The van der Waals surface area contributed by atoms with Crippen LogP contribution in [-0.4, -0.2) is 46.1 Å². The zero-order valence-corrected chi connectivity index (χ0v) is 25.7. The summed E-state index contributed by atoms with van der Waals surface area (Å²) in [4.78, 5) is 21.3. The average molecular weight is 576 g/mol. The highest BCUT2D eigenvalue weighted by Gasteiger charge is 2.21. The van der Waals surface area contributed by atoms with Crippen LogP contribution in [0.1, 0.15) is 37.6 Å². The van der Waals surface area contributed by atoms with E-state index in [0.717, 1.165) is 72.4 Å². The topological polar surface area (TPSA) is 106 Å². The number of fused-ring (bicyclic) bond motifs is 2. The predicted molar refractivity (Wildman–Crippen MR) is 172 cm³/mol. The van der Waals surface area contributed by atoms with Gasteiger partial charge in [0.05, 0.1) is 35.1 Å². The molecule has 0 aliphatic heterocycles. The van der Waals surface area contributed by atoms with Crippen molar-refractivity contribution in [3.63, 3.8) is 0 Å². The van der Waals surface area contributed by atoms with Gasteiger partial charge in [0.15, 0.2) is 0 Å². The van der Waals surface area contributed by atoms with Crippen LogP contribution in [-0.2, 0) is 25.3 Å². The third-order valence-electron chi connectivity index (χ3n) is 7.25. The molecule has 0 aliphatic carbocycles. The molecule has 0 amide bonds. The third-order valence-corrected chi connectivity index (χ3v) is 7.25. The van der Waals surface area contributed by atoms with Crippen LogP contribution >= 0.6 is 0 Å². The highest BCUT2D eigenvalue weighted by Crippen LogP contribution is 2.38. The second-order valence-electron chi connectivity index (χ2n) is 12.0. The number of aryl methyl sites for hydroxylation is 4. The summed E-state index contributed by atoms with van der Waals surface area (Å²) in [6.45, 7) is 9.16. The van der Waals surface area contributed by atoms with Crippen LogP contribution in [0.3, 0.4) is 0 Å². The Hall–Kier alpha value is -4.82. The quantitative estimate of drug-likeness (QED) is 0.232. The van der Waals surface area contributed by atoms with E-state index in [1.165, 1.54) is 0 Å². The molecule has 0 unspecified atom stereocenters. The smallest absolute Gasteiger partial charge is 0.307 e. The standard InChI is InChI=1S/C31H27N5O2.C4H10O/c1-18-5-7-20(8-6-18)30-24(16-29(37)38)19(2)34-31-25(30)15-28(35(31)3)22-11-12-32-26(14-22)21-9-10-27-23(13-21)17-33-36(27)4;1-4(2,3)5/h5-15,17H,16H2,1-4H3,(H,37,38);5H,1-3H3. The van der Waals surface area contributed by atoms with E-state index in [1.807, 2.05) is 51.1 Å². The molecule has 43 heavy (non-hydrogen) atoms. The van der Waals surface area contributed by atoms with E-state index in [-0.39, 0.29) is 6.42 Å². The molecule has 0 spiro atoms. The van der Waals surface area contributed by atoms with Crippen molar-refractivity contribution in [1.29, 1.82) is 0 Å². The molecule has 0 atom stereocenters. The highest BCUT2D eigenvalue weighted by molar-refractivity contribution is 6.00. The van der Waals surface area contributed by atoms with Crippen molar-refractivity contribution in [2.45, 2.75) is 46.6 Å². The van der Waals surface area contributed by atoms with Crippen molar-refractivity contribution < 1.29 is 15.0 Å². The Kier molecular flexibility index (Phi) is 7.90. The number of carbonyl (C=O) groups is 1. The number of aliphatic hydroxyl groups is 1. The minimum atomic E-state index is -0.872. The van der Waals surface area contributed by atoms with Gasteiger partial charge in [-0.05, 0) is 81.6 Å². The van der Waals surface area contributed by atoms with Gasteiger partial charge in [0, 0.05) is 47.9 Å². The van der Waals surface area contributed by atoms with Crippen LogP contribution in [0, 0.1) is 13.8 Å². The molecule has 2 aromatic carbocycles. The summed E-state index contributed by atoms with van der Waals surface area (Å²) in [5.74, 6) is -0.872. The molecule has 6 rings (SSSR count). The van der Waals surface area contributed by atoms with E-state index in [0.29, 0.717) is 0 Å². The minimum Gasteiger partial charge on any atom is -0.481 e. The number of benzene rings is 2. The number of pyridine rings is 2. The van der Waals surface area contributed by atoms with Gasteiger partial charge in [-0.1, -0.05) is 35.9 Å². The molecule has 4 heterocycles. The number of aromatic nitrogens is 5. The van der Waals surface area contributed by atoms with E-state index in [9.17, 15) is 9.90 Å². The van der Waals surface area contributed by atoms with Crippen LogP contribution in [0.4, 0.5) is 0 Å². The summed E-state index contributed by atoms with van der Waals surface area (Å²) in [7, 11) is 3.94. The number of carboxylic acids is 1. The number of nitrogens with zero attached hydrogens (tertiary/aromatic N) is 5. The Morgan fingerprint density at radius 3 is 2.26 bits per heavy atom. The summed E-state index contributed by atoms with van der Waals surface area (Å²) < 4.78 is 3.94. The lowest BCUT2D eigenvalue weighted by atomic mass is 9.93. The van der Waals surface area contributed by atoms with Gasteiger partial charge in [-0.15, -0.1) is 0 Å². The Morgan fingerprint density at radius 1 is 0.907 bits per heavy atom. The Bertz CT molecular complexity index is 1950. The zero-order valence-electron chi connectivity index (χ0n) is 25.7. The maximum absolute atomic E-state index is 11.8. The van der Waals surface area contributed by atoms with Crippen LogP contribution in [0.5, 0.6) is 0 Å². The van der Waals surface area contributed by atoms with Crippen LogP contribution in [0.15, 0.2) is 73.1 Å². The van der Waals surface area contributed by atoms with Crippen molar-refractivity contribution in [2.75, 3.05) is 0 Å². The molecule has 8 nitrogen and oxygen atoms in total. The molecule has 0 saturated carbocycles. The number of rotatable bonds is 5. The lowest BCUT2D eigenvalue weighted by molar-refractivity contribution is -0.136. The van der Waals surface area contributed by atoms with Crippen molar-refractivity contribution in [2.24, 2.45) is 14.1 Å². The Morgan fingerprint density at radius 2 is 1.58 bits per heavy atom. The van der Waals surface area contributed by atoms with Crippen molar-refractivity contribution >= 4 is 27.9 Å². The second-order valence-corrected chi connectivity index (χ2v) is 12.0. The summed E-state index contributed by atoms with van der Waals surface area (Å²) in [6, 6.07) is 20.7. The highest BCUT2D eigenvalue weighted by atomic mass is 16.4. The number of aliphatic carboxylic acids is 1. The van der Waals surface area contributed by atoms with E-state index in [2.05, 4.69) is 69.2 Å². The van der Waals surface area contributed by atoms with Crippen molar-refractivity contribution in [3.8, 4) is 33.6 Å². The van der Waals surface area contributed by atoms with Crippen molar-refractivity contribution in [3.05, 3.63) is 89.9 Å². The fourth-order valence-corrected chi connectivity index (χ4v) is 5.25. The van der Waals surface area contributed by atoms with Crippen LogP contribution in [0.25, 0.3) is 55.6 Å². The van der Waals surface area contributed by atoms with Crippen LogP contribution < -0.4 is 0 Å². The molecule has 0 fully saturated rings. The van der Waals surface area contributed by atoms with Gasteiger partial charge in [0.2, 0.25) is 0 Å². The van der Waals surface area contributed by atoms with Gasteiger partial charge >= 0.3 is 5.97 Å². The molecule has 8 heteroatoms. The fraction of sp³-hybridized carbons (Fsp3) is 0.257. The van der Waals surface area contributed by atoms with E-state index < -0.39 is 11.6 Å². The predicted octanol–water partition coefficient (Wildman–Crippen LogP) is 6.88.